The number of phenolic OH excluding ortho intramolecular Hbond substituents is 1. The average molecular weight is 434 g/mol. The monoisotopic (exact) mass is 433 g/mol. The lowest BCUT2D eigenvalue weighted by molar-refractivity contribution is -0.118. The molecule has 0 saturated heterocycles. The predicted molar refractivity (Wildman–Crippen MR) is 131 cm³/mol. The van der Waals surface area contributed by atoms with E-state index < -0.39 is 0 Å². The van der Waals surface area contributed by atoms with Crippen LogP contribution in [0.4, 0.5) is 5.69 Å². The number of amides is 1. The largest absolute Gasteiger partial charge is 0.507 e. The first-order valence-electron chi connectivity index (χ1n) is 11.5. The summed E-state index contributed by atoms with van der Waals surface area (Å²) in [7, 11) is 1.53. The number of anilines is 1. The molecule has 2 aromatic rings. The number of benzene rings is 2. The van der Waals surface area contributed by atoms with Gasteiger partial charge < -0.3 is 5.11 Å². The Morgan fingerprint density at radius 2 is 1.62 bits per heavy atom. The Morgan fingerprint density at radius 1 is 1.03 bits per heavy atom. The molecular formula is C28H35NO3. The first kappa shape index (κ1) is 22.6. The quantitative estimate of drug-likeness (QED) is 0.569. The molecule has 2 aromatic carbocycles. The van der Waals surface area contributed by atoms with Gasteiger partial charge in [0.15, 0.2) is 0 Å². The molecule has 1 N–H and O–H groups in total. The Bertz CT molecular complexity index is 1060. The third-order valence-corrected chi connectivity index (χ3v) is 6.45. The van der Waals surface area contributed by atoms with Crippen molar-refractivity contribution >= 4 is 23.2 Å². The van der Waals surface area contributed by atoms with Crippen molar-refractivity contribution in [1.29, 1.82) is 0 Å². The number of aromatic hydroxyl groups is 1. The van der Waals surface area contributed by atoms with Gasteiger partial charge in [0.25, 0.3) is 5.91 Å². The van der Waals surface area contributed by atoms with E-state index in [9.17, 15) is 9.90 Å². The van der Waals surface area contributed by atoms with Crippen molar-refractivity contribution in [1.82, 2.24) is 0 Å². The zero-order valence-corrected chi connectivity index (χ0v) is 20.4. The molecule has 4 heteroatoms. The maximum Gasteiger partial charge on any atom is 0.282 e. The van der Waals surface area contributed by atoms with E-state index in [4.69, 9.17) is 4.84 Å². The zero-order valence-electron chi connectivity index (χ0n) is 20.4. The van der Waals surface area contributed by atoms with Crippen LogP contribution in [0.25, 0.3) is 11.6 Å². The van der Waals surface area contributed by atoms with Crippen LogP contribution in [-0.4, -0.2) is 18.1 Å². The van der Waals surface area contributed by atoms with Gasteiger partial charge >= 0.3 is 0 Å². The maximum atomic E-state index is 13.3. The molecular weight excluding hydrogens is 398 g/mol. The van der Waals surface area contributed by atoms with E-state index in [-0.39, 0.29) is 16.7 Å². The van der Waals surface area contributed by atoms with Crippen LogP contribution in [0.15, 0.2) is 30.3 Å². The summed E-state index contributed by atoms with van der Waals surface area (Å²) in [5.41, 5.74) is 5.81. The molecule has 1 aliphatic carbocycles. The van der Waals surface area contributed by atoms with Crippen LogP contribution in [-0.2, 0) is 26.9 Å². The minimum atomic E-state index is -0.230. The average Bonchev–Trinajstić information content (AvgIpc) is 3.46. The van der Waals surface area contributed by atoms with Gasteiger partial charge in [0.1, 0.15) is 5.75 Å². The van der Waals surface area contributed by atoms with Gasteiger partial charge in [-0.1, -0.05) is 47.6 Å². The molecule has 0 aromatic heterocycles. The van der Waals surface area contributed by atoms with Gasteiger partial charge in [-0.15, -0.1) is 0 Å². The molecule has 32 heavy (non-hydrogen) atoms. The van der Waals surface area contributed by atoms with Crippen LogP contribution in [0.5, 0.6) is 5.75 Å². The number of carbonyl (C=O) groups is 1. The van der Waals surface area contributed by atoms with Crippen molar-refractivity contribution in [3.05, 3.63) is 58.1 Å². The molecule has 0 spiro atoms. The van der Waals surface area contributed by atoms with E-state index in [0.29, 0.717) is 11.3 Å². The SMILES string of the molecule is CON1C(=O)C(=Cc2cc(C(C)(C)C)c(O)c(C(C)(C)C)c2)c2cc(CC3CC3)ccc21. The lowest BCUT2D eigenvalue weighted by Gasteiger charge is -2.28. The van der Waals surface area contributed by atoms with E-state index in [1.165, 1.54) is 30.6 Å². The molecule has 0 atom stereocenters. The maximum absolute atomic E-state index is 13.3. The van der Waals surface area contributed by atoms with Gasteiger partial charge in [-0.3, -0.25) is 9.63 Å². The Morgan fingerprint density at radius 3 is 2.12 bits per heavy atom. The summed E-state index contributed by atoms with van der Waals surface area (Å²) in [6, 6.07) is 10.3. The Labute approximate surface area is 191 Å². The second-order valence-corrected chi connectivity index (χ2v) is 11.3. The number of hydroxylamine groups is 1. The van der Waals surface area contributed by atoms with Gasteiger partial charge in [-0.05, 0) is 77.5 Å². The van der Waals surface area contributed by atoms with Crippen molar-refractivity contribution < 1.29 is 14.7 Å². The van der Waals surface area contributed by atoms with Crippen LogP contribution in [0.2, 0.25) is 0 Å². The summed E-state index contributed by atoms with van der Waals surface area (Å²) < 4.78 is 0. The number of fused-ring (bicyclic) bond motifs is 1. The summed E-state index contributed by atoms with van der Waals surface area (Å²) in [5, 5.41) is 12.4. The Kier molecular flexibility index (Phi) is 5.49. The summed E-state index contributed by atoms with van der Waals surface area (Å²) in [6.45, 7) is 12.6. The lowest BCUT2D eigenvalue weighted by Crippen LogP contribution is -2.24. The summed E-state index contributed by atoms with van der Waals surface area (Å²) in [5.74, 6) is 0.959. The van der Waals surface area contributed by atoms with E-state index in [2.05, 4.69) is 53.7 Å². The zero-order chi connectivity index (χ0) is 23.4. The number of carbonyl (C=O) groups excluding carboxylic acids is 1. The van der Waals surface area contributed by atoms with Crippen molar-refractivity contribution in [3.63, 3.8) is 0 Å². The fourth-order valence-electron chi connectivity index (χ4n) is 4.46. The lowest BCUT2D eigenvalue weighted by atomic mass is 9.78. The fraction of sp³-hybridized carbons (Fsp3) is 0.464. The third-order valence-electron chi connectivity index (χ3n) is 6.45. The summed E-state index contributed by atoms with van der Waals surface area (Å²) in [4.78, 5) is 18.7. The van der Waals surface area contributed by atoms with Crippen molar-refractivity contribution in [2.24, 2.45) is 5.92 Å². The van der Waals surface area contributed by atoms with Gasteiger partial charge in [0.05, 0.1) is 18.4 Å². The van der Waals surface area contributed by atoms with Crippen molar-refractivity contribution in [3.8, 4) is 5.75 Å². The molecule has 4 rings (SSSR count). The Hall–Kier alpha value is -2.59. The topological polar surface area (TPSA) is 49.8 Å². The van der Waals surface area contributed by atoms with E-state index in [1.807, 2.05) is 24.3 Å². The molecule has 1 heterocycles. The number of hydrogen-bond donors (Lipinski definition) is 1. The number of hydrogen-bond acceptors (Lipinski definition) is 3. The van der Waals surface area contributed by atoms with Crippen LogP contribution < -0.4 is 5.06 Å². The third kappa shape index (κ3) is 4.21. The highest BCUT2D eigenvalue weighted by Crippen LogP contribution is 2.43. The molecule has 1 amide bonds. The van der Waals surface area contributed by atoms with Gasteiger partial charge in [-0.2, -0.15) is 5.06 Å². The highest BCUT2D eigenvalue weighted by molar-refractivity contribution is 6.35. The Balaban J connectivity index is 1.87. The number of rotatable bonds is 4. The van der Waals surface area contributed by atoms with Crippen LogP contribution in [0.1, 0.15) is 82.2 Å². The first-order valence-corrected chi connectivity index (χ1v) is 11.5. The highest BCUT2D eigenvalue weighted by Gasteiger charge is 2.34. The first-order chi connectivity index (χ1) is 14.9. The predicted octanol–water partition coefficient (Wildman–Crippen LogP) is 6.39. The molecule has 2 aliphatic rings. The van der Waals surface area contributed by atoms with Crippen LogP contribution >= 0.6 is 0 Å². The van der Waals surface area contributed by atoms with Crippen LogP contribution in [0, 0.1) is 5.92 Å². The van der Waals surface area contributed by atoms with Gasteiger partial charge in [-0.25, -0.2) is 0 Å². The molecule has 1 fully saturated rings. The normalized spacial score (nSPS) is 17.9. The van der Waals surface area contributed by atoms with Crippen LogP contribution in [0.3, 0.4) is 0 Å². The second-order valence-electron chi connectivity index (χ2n) is 11.3. The van der Waals surface area contributed by atoms with Gasteiger partial charge in [0.2, 0.25) is 0 Å². The smallest absolute Gasteiger partial charge is 0.282 e. The molecule has 0 unspecified atom stereocenters. The van der Waals surface area contributed by atoms with E-state index >= 15 is 0 Å². The standard InChI is InChI=1S/C28H35NO3/c1-27(2,3)22-15-19(16-23(25(22)30)28(4,5)6)14-21-20-13-18(12-17-8-9-17)10-11-24(20)29(32-7)26(21)31/h10-11,13-17,30H,8-9,12H2,1-7H3. The van der Waals surface area contributed by atoms with E-state index in [0.717, 1.165) is 40.3 Å². The minimum Gasteiger partial charge on any atom is -0.507 e. The minimum absolute atomic E-state index is 0.159. The fourth-order valence-corrected chi connectivity index (χ4v) is 4.46. The number of phenols is 1. The van der Waals surface area contributed by atoms with Crippen molar-refractivity contribution in [2.75, 3.05) is 12.2 Å². The molecule has 170 valence electrons. The van der Waals surface area contributed by atoms with Crippen molar-refractivity contribution in [2.45, 2.75) is 71.6 Å². The summed E-state index contributed by atoms with van der Waals surface area (Å²) in [6.07, 6.45) is 5.59. The molecule has 1 saturated carbocycles. The molecule has 0 radical (unpaired) electrons. The van der Waals surface area contributed by atoms with E-state index in [1.54, 1.807) is 0 Å². The molecule has 4 nitrogen and oxygen atoms in total. The summed E-state index contributed by atoms with van der Waals surface area (Å²) >= 11 is 0. The van der Waals surface area contributed by atoms with Gasteiger partial charge in [0, 0.05) is 16.7 Å². The molecule has 1 aliphatic heterocycles. The highest BCUT2D eigenvalue weighted by atomic mass is 16.7. The number of nitrogens with zero attached hydrogens (tertiary/aromatic N) is 1. The second kappa shape index (κ2) is 7.77. The molecule has 0 bridgehead atoms.